The predicted molar refractivity (Wildman–Crippen MR) is 79.9 cm³/mol. The number of carbonyl (C=O) groups is 1. The topological polar surface area (TPSA) is 92.5 Å². The standard InChI is InChI=1S/C15H22N2O4/c1-15(2,11-18)8-3-9-16-14(19)10-12-4-6-13(7-5-12)17(20)21/h4-7,18H,3,8-11H2,1-2H3,(H,16,19). The van der Waals surface area contributed by atoms with Crippen molar-refractivity contribution in [2.75, 3.05) is 13.2 Å². The number of nitrogens with one attached hydrogen (secondary N) is 1. The summed E-state index contributed by atoms with van der Waals surface area (Å²) in [5.74, 6) is -0.106. The van der Waals surface area contributed by atoms with Gasteiger partial charge < -0.3 is 10.4 Å². The molecular weight excluding hydrogens is 272 g/mol. The van der Waals surface area contributed by atoms with Crippen molar-refractivity contribution in [1.82, 2.24) is 5.32 Å². The minimum atomic E-state index is -0.466. The predicted octanol–water partition coefficient (Wildman–Crippen LogP) is 2.05. The first-order valence-corrected chi connectivity index (χ1v) is 6.95. The maximum absolute atomic E-state index is 11.7. The molecule has 116 valence electrons. The monoisotopic (exact) mass is 294 g/mol. The lowest BCUT2D eigenvalue weighted by Gasteiger charge is -2.21. The molecule has 0 unspecified atom stereocenters. The van der Waals surface area contributed by atoms with E-state index in [0.717, 1.165) is 18.4 Å². The number of carbonyl (C=O) groups excluding carboxylic acids is 1. The first kappa shape index (κ1) is 17.1. The number of aliphatic hydroxyl groups is 1. The Bertz CT molecular complexity index is 483. The molecule has 0 fully saturated rings. The fourth-order valence-corrected chi connectivity index (χ4v) is 1.86. The van der Waals surface area contributed by atoms with Gasteiger partial charge in [0, 0.05) is 25.3 Å². The Balaban J connectivity index is 2.32. The molecule has 0 aliphatic carbocycles. The van der Waals surface area contributed by atoms with Gasteiger partial charge in [0.2, 0.25) is 5.91 Å². The van der Waals surface area contributed by atoms with Crippen LogP contribution >= 0.6 is 0 Å². The maximum Gasteiger partial charge on any atom is 0.269 e. The van der Waals surface area contributed by atoms with Gasteiger partial charge in [-0.25, -0.2) is 0 Å². The summed E-state index contributed by atoms with van der Waals surface area (Å²) in [6, 6.07) is 5.97. The summed E-state index contributed by atoms with van der Waals surface area (Å²) >= 11 is 0. The third-order valence-electron chi connectivity index (χ3n) is 3.29. The summed E-state index contributed by atoms with van der Waals surface area (Å²) in [6.45, 7) is 4.65. The summed E-state index contributed by atoms with van der Waals surface area (Å²) < 4.78 is 0. The van der Waals surface area contributed by atoms with Gasteiger partial charge in [0.05, 0.1) is 11.3 Å². The van der Waals surface area contributed by atoms with Crippen molar-refractivity contribution in [2.45, 2.75) is 33.1 Å². The molecule has 0 spiro atoms. The minimum Gasteiger partial charge on any atom is -0.396 e. The Morgan fingerprint density at radius 3 is 2.48 bits per heavy atom. The van der Waals surface area contributed by atoms with Crippen LogP contribution in [0.25, 0.3) is 0 Å². The van der Waals surface area contributed by atoms with Crippen molar-refractivity contribution in [2.24, 2.45) is 5.41 Å². The molecule has 0 saturated heterocycles. The zero-order chi connectivity index (χ0) is 15.9. The van der Waals surface area contributed by atoms with Gasteiger partial charge in [-0.1, -0.05) is 26.0 Å². The number of rotatable bonds is 8. The molecule has 1 amide bonds. The van der Waals surface area contributed by atoms with E-state index in [1.807, 2.05) is 13.8 Å². The number of nitrogens with zero attached hydrogens (tertiary/aromatic N) is 1. The van der Waals surface area contributed by atoms with Gasteiger partial charge in [0.15, 0.2) is 0 Å². The zero-order valence-electron chi connectivity index (χ0n) is 12.5. The fourth-order valence-electron chi connectivity index (χ4n) is 1.86. The van der Waals surface area contributed by atoms with E-state index in [4.69, 9.17) is 5.11 Å². The third kappa shape index (κ3) is 6.35. The number of aliphatic hydroxyl groups excluding tert-OH is 1. The molecule has 1 aromatic carbocycles. The first-order valence-electron chi connectivity index (χ1n) is 6.95. The van der Waals surface area contributed by atoms with Crippen LogP contribution in [0, 0.1) is 15.5 Å². The lowest BCUT2D eigenvalue weighted by Crippen LogP contribution is -2.27. The molecule has 0 aliphatic rings. The molecule has 21 heavy (non-hydrogen) atoms. The number of nitro groups is 1. The third-order valence-corrected chi connectivity index (χ3v) is 3.29. The molecule has 0 aliphatic heterocycles. The van der Waals surface area contributed by atoms with Gasteiger partial charge in [-0.2, -0.15) is 0 Å². The molecule has 6 heteroatoms. The Morgan fingerprint density at radius 2 is 1.95 bits per heavy atom. The summed E-state index contributed by atoms with van der Waals surface area (Å²) in [7, 11) is 0. The average molecular weight is 294 g/mol. The maximum atomic E-state index is 11.7. The molecule has 6 nitrogen and oxygen atoms in total. The van der Waals surface area contributed by atoms with E-state index in [0.29, 0.717) is 6.54 Å². The van der Waals surface area contributed by atoms with E-state index in [2.05, 4.69) is 5.32 Å². The van der Waals surface area contributed by atoms with Crippen LogP contribution in [0.15, 0.2) is 24.3 Å². The van der Waals surface area contributed by atoms with E-state index in [1.165, 1.54) is 12.1 Å². The van der Waals surface area contributed by atoms with Crippen molar-refractivity contribution in [1.29, 1.82) is 0 Å². The Labute approximate surface area is 124 Å². The highest BCUT2D eigenvalue weighted by atomic mass is 16.6. The summed E-state index contributed by atoms with van der Waals surface area (Å²) in [5, 5.41) is 22.5. The molecule has 0 heterocycles. The highest BCUT2D eigenvalue weighted by Crippen LogP contribution is 2.20. The summed E-state index contributed by atoms with van der Waals surface area (Å²) in [4.78, 5) is 21.8. The molecule has 1 aromatic rings. The molecular formula is C15H22N2O4. The van der Waals surface area contributed by atoms with Crippen molar-refractivity contribution in [3.63, 3.8) is 0 Å². The number of hydrogen-bond donors (Lipinski definition) is 2. The number of hydrogen-bond acceptors (Lipinski definition) is 4. The first-order chi connectivity index (χ1) is 9.84. The van der Waals surface area contributed by atoms with E-state index in [-0.39, 0.29) is 30.0 Å². The van der Waals surface area contributed by atoms with Crippen LogP contribution in [0.5, 0.6) is 0 Å². The molecule has 0 atom stereocenters. The second kappa shape index (κ2) is 7.73. The lowest BCUT2D eigenvalue weighted by molar-refractivity contribution is -0.384. The summed E-state index contributed by atoms with van der Waals surface area (Å²) in [6.07, 6.45) is 1.85. The van der Waals surface area contributed by atoms with Crippen molar-refractivity contribution < 1.29 is 14.8 Å². The van der Waals surface area contributed by atoms with Gasteiger partial charge in [0.25, 0.3) is 5.69 Å². The fraction of sp³-hybridized carbons (Fsp3) is 0.533. The van der Waals surface area contributed by atoms with Gasteiger partial charge >= 0.3 is 0 Å². The van der Waals surface area contributed by atoms with E-state index >= 15 is 0 Å². The van der Waals surface area contributed by atoms with Gasteiger partial charge in [0.1, 0.15) is 0 Å². The van der Waals surface area contributed by atoms with Gasteiger partial charge in [-0.3, -0.25) is 14.9 Å². The van der Waals surface area contributed by atoms with Gasteiger partial charge in [-0.15, -0.1) is 0 Å². The molecule has 0 saturated carbocycles. The van der Waals surface area contributed by atoms with Crippen LogP contribution in [0.1, 0.15) is 32.3 Å². The van der Waals surface area contributed by atoms with Crippen LogP contribution in [-0.4, -0.2) is 29.1 Å². The number of non-ortho nitro benzene ring substituents is 1. The SMILES string of the molecule is CC(C)(CO)CCCNC(=O)Cc1ccc([N+](=O)[O-])cc1. The van der Waals surface area contributed by atoms with Crippen LogP contribution in [0.2, 0.25) is 0 Å². The molecule has 1 rings (SSSR count). The Kier molecular flexibility index (Phi) is 6.30. The lowest BCUT2D eigenvalue weighted by atomic mass is 9.89. The smallest absolute Gasteiger partial charge is 0.269 e. The summed E-state index contributed by atoms with van der Waals surface area (Å²) in [5.41, 5.74) is 0.641. The average Bonchev–Trinajstić information content (AvgIpc) is 2.44. The molecule has 2 N–H and O–H groups in total. The van der Waals surface area contributed by atoms with Gasteiger partial charge in [-0.05, 0) is 23.8 Å². The largest absolute Gasteiger partial charge is 0.396 e. The molecule has 0 aromatic heterocycles. The van der Waals surface area contributed by atoms with Crippen LogP contribution in [-0.2, 0) is 11.2 Å². The number of nitro benzene ring substituents is 1. The number of benzene rings is 1. The van der Waals surface area contributed by atoms with Crippen molar-refractivity contribution >= 4 is 11.6 Å². The minimum absolute atomic E-state index is 0.0189. The Hall–Kier alpha value is -1.95. The normalized spacial score (nSPS) is 11.2. The van der Waals surface area contributed by atoms with Crippen LogP contribution < -0.4 is 5.32 Å². The zero-order valence-corrected chi connectivity index (χ0v) is 12.5. The number of amides is 1. The quantitative estimate of drug-likeness (QED) is 0.436. The second-order valence-corrected chi connectivity index (χ2v) is 5.88. The van der Waals surface area contributed by atoms with Crippen molar-refractivity contribution in [3.05, 3.63) is 39.9 Å². The van der Waals surface area contributed by atoms with Crippen LogP contribution in [0.3, 0.4) is 0 Å². The second-order valence-electron chi connectivity index (χ2n) is 5.88. The Morgan fingerprint density at radius 1 is 1.33 bits per heavy atom. The highest BCUT2D eigenvalue weighted by Gasteiger charge is 2.15. The van der Waals surface area contributed by atoms with E-state index in [9.17, 15) is 14.9 Å². The van der Waals surface area contributed by atoms with Crippen LogP contribution in [0.4, 0.5) is 5.69 Å². The highest BCUT2D eigenvalue weighted by molar-refractivity contribution is 5.78. The molecule has 0 bridgehead atoms. The van der Waals surface area contributed by atoms with Crippen molar-refractivity contribution in [3.8, 4) is 0 Å². The molecule has 0 radical (unpaired) electrons. The van der Waals surface area contributed by atoms with E-state index < -0.39 is 4.92 Å². The van der Waals surface area contributed by atoms with E-state index in [1.54, 1.807) is 12.1 Å².